The second-order valence-corrected chi connectivity index (χ2v) is 7.20. The van der Waals surface area contributed by atoms with E-state index < -0.39 is 0 Å². The van der Waals surface area contributed by atoms with Crippen molar-refractivity contribution in [2.24, 2.45) is 4.99 Å². The van der Waals surface area contributed by atoms with Crippen molar-refractivity contribution in [2.75, 3.05) is 7.11 Å². The van der Waals surface area contributed by atoms with E-state index in [4.69, 9.17) is 4.74 Å². The Balaban J connectivity index is 2.15. The molecule has 5 heteroatoms. The van der Waals surface area contributed by atoms with Gasteiger partial charge in [-0.2, -0.15) is 4.99 Å². The molecule has 0 fully saturated rings. The summed E-state index contributed by atoms with van der Waals surface area (Å²) in [5.74, 6) is 0.265. The minimum Gasteiger partial charge on any atom is -0.496 e. The van der Waals surface area contributed by atoms with Gasteiger partial charge in [-0.3, -0.25) is 4.79 Å². The molecule has 3 rings (SSSR count). The summed E-state index contributed by atoms with van der Waals surface area (Å²) in [6.07, 6.45) is 2.01. The predicted molar refractivity (Wildman–Crippen MR) is 110 cm³/mol. The summed E-state index contributed by atoms with van der Waals surface area (Å²) in [7, 11) is 1.57. The average Bonchev–Trinajstić information content (AvgIpc) is 3.05. The van der Waals surface area contributed by atoms with Crippen LogP contribution in [0.4, 0.5) is 0 Å². The topological polar surface area (TPSA) is 43.6 Å². The van der Waals surface area contributed by atoms with E-state index in [1.54, 1.807) is 30.6 Å². The quantitative estimate of drug-likeness (QED) is 0.608. The molecular formula is C22H24N2O2S. The summed E-state index contributed by atoms with van der Waals surface area (Å²) < 4.78 is 7.45. The van der Waals surface area contributed by atoms with Gasteiger partial charge in [-0.25, -0.2) is 0 Å². The molecule has 2 aromatic carbocycles. The molecule has 0 aliphatic heterocycles. The summed E-state index contributed by atoms with van der Waals surface area (Å²) in [5.41, 5.74) is 2.80. The van der Waals surface area contributed by atoms with Gasteiger partial charge in [-0.05, 0) is 31.0 Å². The summed E-state index contributed by atoms with van der Waals surface area (Å²) in [6, 6.07) is 17.5. The molecule has 1 heterocycles. The lowest BCUT2D eigenvalue weighted by atomic mass is 10.1. The first kappa shape index (κ1) is 19.1. The highest BCUT2D eigenvalue weighted by Crippen LogP contribution is 2.27. The molecule has 1 amide bonds. The molecule has 0 spiro atoms. The van der Waals surface area contributed by atoms with Gasteiger partial charge in [0.05, 0.1) is 18.4 Å². The number of methoxy groups -OCH3 is 1. The smallest absolute Gasteiger partial charge is 0.283 e. The van der Waals surface area contributed by atoms with Crippen molar-refractivity contribution in [1.82, 2.24) is 4.57 Å². The van der Waals surface area contributed by atoms with E-state index in [1.165, 1.54) is 4.88 Å². The fourth-order valence-corrected chi connectivity index (χ4v) is 4.42. The molecule has 0 aliphatic rings. The van der Waals surface area contributed by atoms with Crippen LogP contribution < -0.4 is 9.54 Å². The number of benzene rings is 2. The largest absolute Gasteiger partial charge is 0.496 e. The molecule has 3 aromatic rings. The minimum absolute atomic E-state index is 0.279. The zero-order valence-electron chi connectivity index (χ0n) is 15.9. The van der Waals surface area contributed by atoms with Crippen molar-refractivity contribution < 1.29 is 9.53 Å². The van der Waals surface area contributed by atoms with Crippen LogP contribution in [0.1, 0.15) is 35.5 Å². The summed E-state index contributed by atoms with van der Waals surface area (Å²) >= 11 is 1.60. The van der Waals surface area contributed by atoms with Crippen LogP contribution in [-0.4, -0.2) is 17.6 Å². The lowest BCUT2D eigenvalue weighted by Gasteiger charge is -2.09. The first-order valence-corrected chi connectivity index (χ1v) is 10.0. The van der Waals surface area contributed by atoms with Crippen LogP contribution in [0.5, 0.6) is 5.75 Å². The van der Waals surface area contributed by atoms with E-state index in [-0.39, 0.29) is 5.91 Å². The lowest BCUT2D eigenvalue weighted by Crippen LogP contribution is -2.17. The number of thiazole rings is 1. The molecule has 0 saturated heterocycles. The lowest BCUT2D eigenvalue weighted by molar-refractivity contribution is 0.0995. The maximum absolute atomic E-state index is 12.8. The molecule has 0 aliphatic carbocycles. The van der Waals surface area contributed by atoms with E-state index in [0.717, 1.165) is 35.4 Å². The predicted octanol–water partition coefficient (Wildman–Crippen LogP) is 4.94. The Morgan fingerprint density at radius 1 is 1.07 bits per heavy atom. The molecule has 4 nitrogen and oxygen atoms in total. The number of rotatable bonds is 6. The van der Waals surface area contributed by atoms with Crippen molar-refractivity contribution in [2.45, 2.75) is 33.2 Å². The third kappa shape index (κ3) is 4.03. The Labute approximate surface area is 163 Å². The molecule has 0 bridgehead atoms. The molecule has 1 aromatic heterocycles. The molecule has 27 heavy (non-hydrogen) atoms. The Morgan fingerprint density at radius 2 is 1.78 bits per heavy atom. The number of aryl methyl sites for hydroxylation is 1. The molecule has 0 saturated carbocycles. The SMILES string of the molecule is CCCc1sc(=NC(=O)c2ccccc2OC)n(CC)c1-c1ccccc1. The average molecular weight is 381 g/mol. The zero-order valence-corrected chi connectivity index (χ0v) is 16.8. The van der Waals surface area contributed by atoms with E-state index in [9.17, 15) is 4.79 Å². The molecule has 0 N–H and O–H groups in total. The number of hydrogen-bond acceptors (Lipinski definition) is 3. The Kier molecular flexibility index (Phi) is 6.24. The van der Waals surface area contributed by atoms with Gasteiger partial charge in [0.25, 0.3) is 5.91 Å². The van der Waals surface area contributed by atoms with Crippen LogP contribution in [0, 0.1) is 0 Å². The standard InChI is InChI=1S/C22H24N2O2S/c1-4-11-19-20(16-12-7-6-8-13-16)24(5-2)22(27-19)23-21(25)17-14-9-10-15-18(17)26-3/h6-10,12-15H,4-5,11H2,1-3H3. The monoisotopic (exact) mass is 380 g/mol. The van der Waals surface area contributed by atoms with Gasteiger partial charge in [0.2, 0.25) is 0 Å². The summed E-state index contributed by atoms with van der Waals surface area (Å²) in [6.45, 7) is 5.01. The summed E-state index contributed by atoms with van der Waals surface area (Å²) in [4.78, 5) is 19.3. The van der Waals surface area contributed by atoms with Crippen molar-refractivity contribution in [3.05, 3.63) is 69.8 Å². The van der Waals surface area contributed by atoms with Crippen molar-refractivity contribution in [3.63, 3.8) is 0 Å². The van der Waals surface area contributed by atoms with Gasteiger partial charge in [0, 0.05) is 11.4 Å². The number of ether oxygens (including phenoxy) is 1. The van der Waals surface area contributed by atoms with Crippen LogP contribution in [0.15, 0.2) is 59.6 Å². The Morgan fingerprint density at radius 3 is 2.44 bits per heavy atom. The number of carbonyl (C=O) groups is 1. The third-order valence-electron chi connectivity index (χ3n) is 4.35. The van der Waals surface area contributed by atoms with Crippen LogP contribution in [0.25, 0.3) is 11.3 Å². The van der Waals surface area contributed by atoms with Gasteiger partial charge in [-0.15, -0.1) is 11.3 Å². The van der Waals surface area contributed by atoms with Gasteiger partial charge in [-0.1, -0.05) is 55.8 Å². The second kappa shape index (κ2) is 8.82. The third-order valence-corrected chi connectivity index (χ3v) is 5.49. The maximum atomic E-state index is 12.8. The van der Waals surface area contributed by atoms with Gasteiger partial charge in [0.15, 0.2) is 4.80 Å². The Hall–Kier alpha value is -2.66. The van der Waals surface area contributed by atoms with Crippen LogP contribution in [0.3, 0.4) is 0 Å². The van der Waals surface area contributed by atoms with Gasteiger partial charge < -0.3 is 9.30 Å². The molecule has 0 unspecified atom stereocenters. The molecule has 0 atom stereocenters. The first-order valence-electron chi connectivity index (χ1n) is 9.19. The minimum atomic E-state index is -0.279. The van der Waals surface area contributed by atoms with Crippen LogP contribution in [-0.2, 0) is 13.0 Å². The van der Waals surface area contributed by atoms with Crippen LogP contribution >= 0.6 is 11.3 Å². The second-order valence-electron chi connectivity index (χ2n) is 6.13. The van der Waals surface area contributed by atoms with E-state index in [2.05, 4.69) is 35.5 Å². The fourth-order valence-electron chi connectivity index (χ4n) is 3.11. The first-order chi connectivity index (χ1) is 13.2. The van der Waals surface area contributed by atoms with E-state index >= 15 is 0 Å². The number of amides is 1. The zero-order chi connectivity index (χ0) is 19.2. The van der Waals surface area contributed by atoms with Crippen LogP contribution in [0.2, 0.25) is 0 Å². The highest BCUT2D eigenvalue weighted by Gasteiger charge is 2.16. The van der Waals surface area contributed by atoms with Gasteiger partial charge in [0.1, 0.15) is 5.75 Å². The van der Waals surface area contributed by atoms with E-state index in [0.29, 0.717) is 11.3 Å². The molecule has 140 valence electrons. The molecular weight excluding hydrogens is 356 g/mol. The number of aromatic nitrogens is 1. The van der Waals surface area contributed by atoms with Gasteiger partial charge >= 0.3 is 0 Å². The van der Waals surface area contributed by atoms with Crippen molar-refractivity contribution >= 4 is 17.2 Å². The van der Waals surface area contributed by atoms with Crippen molar-refractivity contribution in [1.29, 1.82) is 0 Å². The Bertz CT molecular complexity index is 987. The summed E-state index contributed by atoms with van der Waals surface area (Å²) in [5, 5.41) is 0. The highest BCUT2D eigenvalue weighted by molar-refractivity contribution is 7.09. The highest BCUT2D eigenvalue weighted by atomic mass is 32.1. The number of hydrogen-bond donors (Lipinski definition) is 0. The maximum Gasteiger partial charge on any atom is 0.283 e. The normalized spacial score (nSPS) is 11.6. The molecule has 0 radical (unpaired) electrons. The van der Waals surface area contributed by atoms with E-state index in [1.807, 2.05) is 30.3 Å². The van der Waals surface area contributed by atoms with Crippen molar-refractivity contribution in [3.8, 4) is 17.0 Å². The number of carbonyl (C=O) groups excluding carboxylic acids is 1. The number of para-hydroxylation sites is 1. The fraction of sp³-hybridized carbons (Fsp3) is 0.273. The number of nitrogens with zero attached hydrogens (tertiary/aromatic N) is 2.